The van der Waals surface area contributed by atoms with E-state index in [1.807, 2.05) is 24.3 Å². The summed E-state index contributed by atoms with van der Waals surface area (Å²) in [5.74, 6) is -0.977. The molecule has 1 heterocycles. The van der Waals surface area contributed by atoms with E-state index in [9.17, 15) is 4.79 Å². The summed E-state index contributed by atoms with van der Waals surface area (Å²) in [4.78, 5) is 14.9. The second-order valence-corrected chi connectivity index (χ2v) is 3.60. The van der Waals surface area contributed by atoms with Crippen LogP contribution < -0.4 is 5.73 Å². The normalized spacial score (nSPS) is 24.5. The van der Waals surface area contributed by atoms with E-state index in [1.165, 1.54) is 0 Å². The van der Waals surface area contributed by atoms with E-state index in [0.29, 0.717) is 6.42 Å². The Morgan fingerprint density at radius 2 is 2.40 bits per heavy atom. The van der Waals surface area contributed by atoms with Crippen molar-refractivity contribution in [2.45, 2.75) is 18.5 Å². The molecular weight excluding hydrogens is 192 g/mol. The molecule has 0 saturated carbocycles. The van der Waals surface area contributed by atoms with Crippen LogP contribution in [0.3, 0.4) is 0 Å². The van der Waals surface area contributed by atoms with Crippen LogP contribution in [0.25, 0.3) is 0 Å². The molecule has 4 nitrogen and oxygen atoms in total. The van der Waals surface area contributed by atoms with Gasteiger partial charge in [-0.3, -0.25) is 9.79 Å². The lowest BCUT2D eigenvalue weighted by atomic mass is 9.96. The molecule has 0 aromatic carbocycles. The third kappa shape index (κ3) is 1.89. The summed E-state index contributed by atoms with van der Waals surface area (Å²) in [6.45, 7) is 0. The highest BCUT2D eigenvalue weighted by molar-refractivity contribution is 5.87. The predicted molar refractivity (Wildman–Crippen MR) is 57.8 cm³/mol. The number of nitrogens with zero attached hydrogens (tertiary/aromatic N) is 1. The van der Waals surface area contributed by atoms with E-state index in [-0.39, 0.29) is 6.04 Å². The maximum Gasteiger partial charge on any atom is 0.320 e. The number of aliphatic imine (C=N–C) groups is 1. The Kier molecular flexibility index (Phi) is 2.51. The minimum absolute atomic E-state index is 0.0611. The molecule has 2 atom stereocenters. The number of aliphatic carboxylic acids is 1. The van der Waals surface area contributed by atoms with Crippen molar-refractivity contribution in [3.05, 3.63) is 35.5 Å². The van der Waals surface area contributed by atoms with E-state index >= 15 is 0 Å². The van der Waals surface area contributed by atoms with Crippen molar-refractivity contribution in [3.63, 3.8) is 0 Å². The minimum Gasteiger partial charge on any atom is -0.480 e. The molecule has 0 bridgehead atoms. The fraction of sp³-hybridized carbons (Fsp3) is 0.273. The van der Waals surface area contributed by atoms with Gasteiger partial charge >= 0.3 is 5.97 Å². The SMILES string of the molecule is NC(CC1=C2C=CC=CC2N=C1)C(=O)O. The van der Waals surface area contributed by atoms with E-state index in [2.05, 4.69) is 4.99 Å². The zero-order valence-electron chi connectivity index (χ0n) is 8.13. The van der Waals surface area contributed by atoms with Crippen LogP contribution in [0.1, 0.15) is 6.42 Å². The lowest BCUT2D eigenvalue weighted by Crippen LogP contribution is -2.30. The molecular formula is C11H12N2O2. The van der Waals surface area contributed by atoms with Gasteiger partial charge in [-0.05, 0) is 11.1 Å². The van der Waals surface area contributed by atoms with Crippen molar-refractivity contribution in [2.75, 3.05) is 0 Å². The van der Waals surface area contributed by atoms with E-state index in [1.54, 1.807) is 6.21 Å². The van der Waals surface area contributed by atoms with E-state index in [4.69, 9.17) is 10.8 Å². The Balaban J connectivity index is 2.16. The highest BCUT2D eigenvalue weighted by atomic mass is 16.4. The molecule has 15 heavy (non-hydrogen) atoms. The first-order chi connectivity index (χ1) is 7.18. The lowest BCUT2D eigenvalue weighted by molar-refractivity contribution is -0.138. The Morgan fingerprint density at radius 1 is 1.60 bits per heavy atom. The number of nitrogens with two attached hydrogens (primary N) is 1. The minimum atomic E-state index is -0.977. The van der Waals surface area contributed by atoms with Crippen LogP contribution in [-0.2, 0) is 4.79 Å². The number of fused-ring (bicyclic) bond motifs is 1. The summed E-state index contributed by atoms with van der Waals surface area (Å²) in [6.07, 6.45) is 9.86. The third-order valence-corrected chi connectivity index (χ3v) is 2.52. The molecule has 0 aromatic rings. The molecule has 1 aliphatic carbocycles. The molecule has 0 aromatic heterocycles. The highest BCUT2D eigenvalue weighted by Gasteiger charge is 2.22. The Morgan fingerprint density at radius 3 is 3.13 bits per heavy atom. The predicted octanol–water partition coefficient (Wildman–Crippen LogP) is 0.664. The smallest absolute Gasteiger partial charge is 0.320 e. The van der Waals surface area contributed by atoms with Crippen LogP contribution in [0.2, 0.25) is 0 Å². The number of carbonyl (C=O) groups is 1. The fourth-order valence-corrected chi connectivity index (χ4v) is 1.70. The molecule has 1 aliphatic heterocycles. The second kappa shape index (κ2) is 3.82. The first-order valence-corrected chi connectivity index (χ1v) is 4.78. The molecule has 3 N–H and O–H groups in total. The van der Waals surface area contributed by atoms with Crippen LogP contribution in [0.5, 0.6) is 0 Å². The van der Waals surface area contributed by atoms with Crippen molar-refractivity contribution in [2.24, 2.45) is 10.7 Å². The van der Waals surface area contributed by atoms with Crippen molar-refractivity contribution < 1.29 is 9.90 Å². The second-order valence-electron chi connectivity index (χ2n) is 3.60. The average molecular weight is 204 g/mol. The van der Waals surface area contributed by atoms with Gasteiger partial charge in [0.2, 0.25) is 0 Å². The van der Waals surface area contributed by atoms with Gasteiger partial charge in [-0.25, -0.2) is 0 Å². The maximum absolute atomic E-state index is 10.6. The third-order valence-electron chi connectivity index (χ3n) is 2.52. The summed E-state index contributed by atoms with van der Waals surface area (Å²) in [6, 6.07) is -0.789. The molecule has 0 spiro atoms. The quantitative estimate of drug-likeness (QED) is 0.709. The summed E-state index contributed by atoms with van der Waals surface area (Å²) in [5.41, 5.74) is 7.47. The number of allylic oxidation sites excluding steroid dienone is 2. The lowest BCUT2D eigenvalue weighted by Gasteiger charge is -2.11. The summed E-state index contributed by atoms with van der Waals surface area (Å²) in [7, 11) is 0. The van der Waals surface area contributed by atoms with E-state index < -0.39 is 12.0 Å². The number of hydrogen-bond donors (Lipinski definition) is 2. The molecule has 78 valence electrons. The summed E-state index contributed by atoms with van der Waals surface area (Å²) < 4.78 is 0. The van der Waals surface area contributed by atoms with Gasteiger partial charge in [0.05, 0.1) is 6.04 Å². The first kappa shape index (κ1) is 9.86. The van der Waals surface area contributed by atoms with Gasteiger partial charge in [0, 0.05) is 12.6 Å². The number of rotatable bonds is 3. The van der Waals surface area contributed by atoms with Gasteiger partial charge < -0.3 is 10.8 Å². The van der Waals surface area contributed by atoms with Crippen molar-refractivity contribution in [1.29, 1.82) is 0 Å². The van der Waals surface area contributed by atoms with Crippen LogP contribution in [0.4, 0.5) is 0 Å². The van der Waals surface area contributed by atoms with E-state index in [0.717, 1.165) is 11.1 Å². The first-order valence-electron chi connectivity index (χ1n) is 4.78. The molecule has 2 rings (SSSR count). The summed E-state index contributed by atoms with van der Waals surface area (Å²) >= 11 is 0. The van der Waals surface area contributed by atoms with Gasteiger partial charge in [0.15, 0.2) is 0 Å². The van der Waals surface area contributed by atoms with Gasteiger partial charge in [-0.15, -0.1) is 0 Å². The maximum atomic E-state index is 10.6. The molecule has 0 fully saturated rings. The monoisotopic (exact) mass is 204 g/mol. The average Bonchev–Trinajstić information content (AvgIpc) is 2.62. The Labute approximate surface area is 87.5 Å². The zero-order chi connectivity index (χ0) is 10.8. The number of carboxylic acid groups (broad SMARTS) is 1. The van der Waals surface area contributed by atoms with Crippen molar-refractivity contribution in [3.8, 4) is 0 Å². The molecule has 0 amide bonds. The standard InChI is InChI=1S/C11H12N2O2/c12-9(11(14)15)5-7-6-13-10-4-2-1-3-8(7)10/h1-4,6,9-10H,5,12H2,(H,14,15). The molecule has 4 heteroatoms. The van der Waals surface area contributed by atoms with Gasteiger partial charge in [-0.2, -0.15) is 0 Å². The zero-order valence-corrected chi connectivity index (χ0v) is 8.13. The van der Waals surface area contributed by atoms with Crippen LogP contribution in [0.15, 0.2) is 40.4 Å². The molecule has 2 unspecified atom stereocenters. The van der Waals surface area contributed by atoms with Gasteiger partial charge in [-0.1, -0.05) is 24.3 Å². The molecule has 2 aliphatic rings. The fourth-order valence-electron chi connectivity index (χ4n) is 1.70. The Hall–Kier alpha value is -1.68. The number of carboxylic acids is 1. The van der Waals surface area contributed by atoms with Crippen molar-refractivity contribution >= 4 is 12.2 Å². The van der Waals surface area contributed by atoms with Crippen LogP contribution in [0, 0.1) is 0 Å². The Bertz CT molecular complexity index is 405. The highest BCUT2D eigenvalue weighted by Crippen LogP contribution is 2.25. The van der Waals surface area contributed by atoms with Crippen LogP contribution in [-0.4, -0.2) is 29.4 Å². The molecule has 0 saturated heterocycles. The summed E-state index contributed by atoms with van der Waals surface area (Å²) in [5, 5.41) is 8.71. The van der Waals surface area contributed by atoms with Gasteiger partial charge in [0.25, 0.3) is 0 Å². The van der Waals surface area contributed by atoms with Crippen molar-refractivity contribution in [1.82, 2.24) is 0 Å². The topological polar surface area (TPSA) is 75.7 Å². The largest absolute Gasteiger partial charge is 0.480 e. The van der Waals surface area contributed by atoms with Crippen LogP contribution >= 0.6 is 0 Å². The molecule has 0 radical (unpaired) electrons. The van der Waals surface area contributed by atoms with Gasteiger partial charge in [0.1, 0.15) is 6.04 Å². The number of hydrogen-bond acceptors (Lipinski definition) is 3.